The lowest BCUT2D eigenvalue weighted by atomic mass is 10.1. The molecule has 1 unspecified atom stereocenters. The number of carbonyl (C=O) groups is 1. The van der Waals surface area contributed by atoms with Crippen molar-refractivity contribution >= 4 is 27.5 Å². The summed E-state index contributed by atoms with van der Waals surface area (Å²) in [6.45, 7) is 2.57. The maximum Gasteiger partial charge on any atom is 0.255 e. The zero-order chi connectivity index (χ0) is 18.7. The van der Waals surface area contributed by atoms with Crippen molar-refractivity contribution in [2.24, 2.45) is 0 Å². The Labute approximate surface area is 159 Å². The van der Waals surface area contributed by atoms with Gasteiger partial charge in [-0.05, 0) is 31.0 Å². The quantitative estimate of drug-likeness (QED) is 0.785. The highest BCUT2D eigenvalue weighted by Gasteiger charge is 2.29. The fraction of sp³-hybridized carbons (Fsp3) is 0.350. The number of rotatable bonds is 5. The number of thioether (sulfide) groups is 1. The molecule has 3 rings (SSSR count). The van der Waals surface area contributed by atoms with Crippen LogP contribution >= 0.6 is 11.8 Å². The highest BCUT2D eigenvalue weighted by atomic mass is 32.2. The van der Waals surface area contributed by atoms with Gasteiger partial charge in [0.15, 0.2) is 9.84 Å². The van der Waals surface area contributed by atoms with Crippen molar-refractivity contribution in [1.82, 2.24) is 4.90 Å². The lowest BCUT2D eigenvalue weighted by Gasteiger charge is -2.20. The molecule has 0 radical (unpaired) electrons. The van der Waals surface area contributed by atoms with Crippen LogP contribution < -0.4 is 0 Å². The molecule has 1 saturated heterocycles. The first-order valence-corrected chi connectivity index (χ1v) is 11.3. The molecule has 1 atom stereocenters. The minimum atomic E-state index is -2.93. The molecule has 0 spiro atoms. The fourth-order valence-corrected chi connectivity index (χ4v) is 6.65. The molecule has 1 amide bonds. The van der Waals surface area contributed by atoms with E-state index < -0.39 is 9.84 Å². The maximum absolute atomic E-state index is 12.9. The average molecular weight is 390 g/mol. The molecule has 2 aromatic rings. The number of sulfone groups is 1. The van der Waals surface area contributed by atoms with Gasteiger partial charge in [0.05, 0.1) is 17.1 Å². The van der Waals surface area contributed by atoms with Gasteiger partial charge in [-0.15, -0.1) is 11.8 Å². The standard InChI is InChI=1S/C20H23NO3S2/c1-15-7-9-16(10-8-15)13-21(2)20(22)18-5-3-4-6-19(18)25-17-11-12-26(23,24)14-17/h3-10,17H,11-14H2,1-2H3. The Kier molecular flexibility index (Phi) is 5.73. The molecule has 1 aliphatic heterocycles. The zero-order valence-electron chi connectivity index (χ0n) is 15.0. The van der Waals surface area contributed by atoms with E-state index in [1.165, 1.54) is 17.3 Å². The number of hydrogen-bond donors (Lipinski definition) is 0. The lowest BCUT2D eigenvalue weighted by Crippen LogP contribution is -2.26. The van der Waals surface area contributed by atoms with Crippen LogP contribution in [0.4, 0.5) is 0 Å². The second-order valence-corrected chi connectivity index (χ2v) is 10.4. The van der Waals surface area contributed by atoms with Gasteiger partial charge >= 0.3 is 0 Å². The Hall–Kier alpha value is -1.79. The van der Waals surface area contributed by atoms with Crippen molar-refractivity contribution < 1.29 is 13.2 Å². The summed E-state index contributed by atoms with van der Waals surface area (Å²) in [4.78, 5) is 15.5. The SMILES string of the molecule is Cc1ccc(CN(C)C(=O)c2ccccc2SC2CCS(=O)(=O)C2)cc1. The Morgan fingerprint density at radius 1 is 1.15 bits per heavy atom. The summed E-state index contributed by atoms with van der Waals surface area (Å²) in [6, 6.07) is 15.6. The van der Waals surface area contributed by atoms with E-state index in [1.54, 1.807) is 11.9 Å². The minimum absolute atomic E-state index is 0.0244. The van der Waals surface area contributed by atoms with Gasteiger partial charge in [0, 0.05) is 23.7 Å². The minimum Gasteiger partial charge on any atom is -0.337 e. The molecule has 1 fully saturated rings. The molecule has 0 aromatic heterocycles. The highest BCUT2D eigenvalue weighted by Crippen LogP contribution is 2.33. The van der Waals surface area contributed by atoms with Gasteiger partial charge in [-0.25, -0.2) is 8.42 Å². The van der Waals surface area contributed by atoms with E-state index in [-0.39, 0.29) is 22.7 Å². The smallest absolute Gasteiger partial charge is 0.255 e. The number of nitrogens with zero attached hydrogens (tertiary/aromatic N) is 1. The Balaban J connectivity index is 1.73. The Morgan fingerprint density at radius 3 is 2.50 bits per heavy atom. The molecule has 1 heterocycles. The monoisotopic (exact) mass is 389 g/mol. The van der Waals surface area contributed by atoms with Crippen molar-refractivity contribution in [2.45, 2.75) is 30.0 Å². The van der Waals surface area contributed by atoms with Crippen molar-refractivity contribution in [3.8, 4) is 0 Å². The third-order valence-electron chi connectivity index (χ3n) is 4.49. The van der Waals surface area contributed by atoms with Crippen molar-refractivity contribution in [2.75, 3.05) is 18.6 Å². The highest BCUT2D eigenvalue weighted by molar-refractivity contribution is 8.02. The molecule has 0 aliphatic carbocycles. The van der Waals surface area contributed by atoms with Crippen molar-refractivity contribution in [3.05, 3.63) is 65.2 Å². The predicted molar refractivity (Wildman–Crippen MR) is 106 cm³/mol. The molecule has 26 heavy (non-hydrogen) atoms. The van der Waals surface area contributed by atoms with Crippen LogP contribution in [0.1, 0.15) is 27.9 Å². The van der Waals surface area contributed by atoms with Crippen LogP contribution in [0.5, 0.6) is 0 Å². The Bertz CT molecular complexity index is 892. The first-order chi connectivity index (χ1) is 12.3. The van der Waals surface area contributed by atoms with E-state index in [4.69, 9.17) is 0 Å². The van der Waals surface area contributed by atoms with E-state index in [9.17, 15) is 13.2 Å². The van der Waals surface area contributed by atoms with Crippen molar-refractivity contribution in [1.29, 1.82) is 0 Å². The normalized spacial score (nSPS) is 18.6. The first kappa shape index (κ1) is 19.0. The lowest BCUT2D eigenvalue weighted by molar-refractivity contribution is 0.0781. The molecule has 0 saturated carbocycles. The number of hydrogen-bond acceptors (Lipinski definition) is 4. The zero-order valence-corrected chi connectivity index (χ0v) is 16.6. The predicted octanol–water partition coefficient (Wildman–Crippen LogP) is 3.55. The number of carbonyl (C=O) groups excluding carboxylic acids is 1. The molecule has 138 valence electrons. The summed E-state index contributed by atoms with van der Waals surface area (Å²) in [5, 5.41) is 0.0244. The van der Waals surface area contributed by atoms with E-state index in [0.29, 0.717) is 18.5 Å². The van der Waals surface area contributed by atoms with Crippen LogP contribution in [0.15, 0.2) is 53.4 Å². The first-order valence-electron chi connectivity index (χ1n) is 8.61. The van der Waals surface area contributed by atoms with Gasteiger partial charge in [-0.2, -0.15) is 0 Å². The second kappa shape index (κ2) is 7.84. The number of amides is 1. The van der Waals surface area contributed by atoms with Crippen molar-refractivity contribution in [3.63, 3.8) is 0 Å². The van der Waals surface area contributed by atoms with Crippen LogP contribution in [-0.2, 0) is 16.4 Å². The summed E-state index contributed by atoms with van der Waals surface area (Å²) in [7, 11) is -1.13. The largest absolute Gasteiger partial charge is 0.337 e. The van der Waals surface area contributed by atoms with Gasteiger partial charge < -0.3 is 4.90 Å². The van der Waals surface area contributed by atoms with E-state index in [2.05, 4.69) is 0 Å². The summed E-state index contributed by atoms with van der Waals surface area (Å²) in [6.07, 6.45) is 0.648. The molecular weight excluding hydrogens is 366 g/mol. The second-order valence-electron chi connectivity index (χ2n) is 6.79. The molecule has 4 nitrogen and oxygen atoms in total. The van der Waals surface area contributed by atoms with E-state index >= 15 is 0 Å². The van der Waals surface area contributed by atoms with Crippen LogP contribution in [0.25, 0.3) is 0 Å². The van der Waals surface area contributed by atoms with Gasteiger partial charge in [-0.1, -0.05) is 42.0 Å². The van der Waals surface area contributed by atoms with E-state index in [1.807, 2.05) is 55.5 Å². The Morgan fingerprint density at radius 2 is 1.85 bits per heavy atom. The van der Waals surface area contributed by atoms with Crippen LogP contribution in [0, 0.1) is 6.92 Å². The van der Waals surface area contributed by atoms with Gasteiger partial charge in [0.1, 0.15) is 0 Å². The average Bonchev–Trinajstić information content (AvgIpc) is 2.95. The van der Waals surface area contributed by atoms with E-state index in [0.717, 1.165) is 10.5 Å². The summed E-state index contributed by atoms with van der Waals surface area (Å²) < 4.78 is 23.4. The van der Waals surface area contributed by atoms with Gasteiger partial charge in [0.2, 0.25) is 0 Å². The molecule has 2 aromatic carbocycles. The molecular formula is C20H23NO3S2. The fourth-order valence-electron chi connectivity index (χ4n) is 3.02. The third-order valence-corrected chi connectivity index (χ3v) is 7.81. The van der Waals surface area contributed by atoms with Gasteiger partial charge in [-0.3, -0.25) is 4.79 Å². The molecule has 0 N–H and O–H groups in total. The topological polar surface area (TPSA) is 54.5 Å². The summed E-state index contributed by atoms with van der Waals surface area (Å²) >= 11 is 1.51. The van der Waals surface area contributed by atoms with Crippen LogP contribution in [0.2, 0.25) is 0 Å². The van der Waals surface area contributed by atoms with Gasteiger partial charge in [0.25, 0.3) is 5.91 Å². The maximum atomic E-state index is 12.9. The third kappa shape index (κ3) is 4.68. The van der Waals surface area contributed by atoms with Crippen LogP contribution in [0.3, 0.4) is 0 Å². The molecule has 1 aliphatic rings. The summed E-state index contributed by atoms with van der Waals surface area (Å²) in [5.41, 5.74) is 2.91. The molecule has 6 heteroatoms. The summed E-state index contributed by atoms with van der Waals surface area (Å²) in [5.74, 6) is 0.391. The number of benzene rings is 2. The molecule has 0 bridgehead atoms. The van der Waals surface area contributed by atoms with Crippen LogP contribution in [-0.4, -0.2) is 43.0 Å². The number of aryl methyl sites for hydroxylation is 1.